The molecule has 0 aliphatic carbocycles. The summed E-state index contributed by atoms with van der Waals surface area (Å²) in [4.78, 5) is 4.65. The minimum absolute atomic E-state index is 0.0112. The summed E-state index contributed by atoms with van der Waals surface area (Å²) in [5, 5.41) is 12.6. The first-order chi connectivity index (χ1) is 19.0. The third kappa shape index (κ3) is 6.48. The van der Waals surface area contributed by atoms with E-state index in [0.717, 1.165) is 15.4 Å². The van der Waals surface area contributed by atoms with Gasteiger partial charge in [-0.2, -0.15) is 17.8 Å². The standard InChI is InChI=1S/C26H26Cl2N6O4S2/c27-20-8-6-19(7-9-20)25-24(18-4-2-1-3-5-18)17-34(31-25)26(30-22-14-15-33(16-22)40(29,37)38)32-39(35,36)23-12-10-21(28)11-13-23/h1-13,22,24H,14-17H2,(H,30,32)(H2,29,37,38)/t22-,24+/m1/s1. The van der Waals surface area contributed by atoms with Crippen LogP contribution in [-0.2, 0) is 20.2 Å². The first-order valence-electron chi connectivity index (χ1n) is 12.3. The van der Waals surface area contributed by atoms with E-state index in [1.54, 1.807) is 12.1 Å². The smallest absolute Gasteiger partial charge is 0.248 e. The highest BCUT2D eigenvalue weighted by molar-refractivity contribution is 7.90. The third-order valence-electron chi connectivity index (χ3n) is 6.64. The molecule has 0 amide bonds. The second kappa shape index (κ2) is 11.5. The summed E-state index contributed by atoms with van der Waals surface area (Å²) in [6, 6.07) is 22.2. The minimum atomic E-state index is -4.09. The number of benzene rings is 3. The maximum atomic E-state index is 13.4. The van der Waals surface area contributed by atoms with E-state index >= 15 is 0 Å². The molecular weight excluding hydrogens is 595 g/mol. The van der Waals surface area contributed by atoms with Crippen molar-refractivity contribution in [1.29, 1.82) is 0 Å². The highest BCUT2D eigenvalue weighted by Gasteiger charge is 2.35. The molecule has 2 atom stereocenters. The van der Waals surface area contributed by atoms with Crippen molar-refractivity contribution in [2.24, 2.45) is 15.2 Å². The van der Waals surface area contributed by atoms with Crippen LogP contribution in [0.2, 0.25) is 10.0 Å². The van der Waals surface area contributed by atoms with Crippen molar-refractivity contribution in [2.75, 3.05) is 19.6 Å². The molecule has 14 heteroatoms. The van der Waals surface area contributed by atoms with E-state index in [1.165, 1.54) is 29.3 Å². The van der Waals surface area contributed by atoms with Crippen molar-refractivity contribution < 1.29 is 16.8 Å². The summed E-state index contributed by atoms with van der Waals surface area (Å²) in [5.74, 6) is -0.238. The number of hydrogen-bond donors (Lipinski definition) is 2. The number of nitrogens with two attached hydrogens (primary N) is 1. The van der Waals surface area contributed by atoms with Crippen LogP contribution in [0.5, 0.6) is 0 Å². The van der Waals surface area contributed by atoms with Gasteiger partial charge < -0.3 is 0 Å². The molecule has 40 heavy (non-hydrogen) atoms. The molecule has 0 radical (unpaired) electrons. The zero-order valence-electron chi connectivity index (χ0n) is 21.1. The molecule has 2 aliphatic rings. The quantitative estimate of drug-likeness (QED) is 0.321. The van der Waals surface area contributed by atoms with Crippen molar-refractivity contribution in [1.82, 2.24) is 14.0 Å². The molecule has 5 rings (SSSR count). The Labute approximate surface area is 243 Å². The molecule has 210 valence electrons. The van der Waals surface area contributed by atoms with Crippen LogP contribution in [0.25, 0.3) is 0 Å². The fraction of sp³-hybridized carbons (Fsp3) is 0.231. The molecule has 0 saturated carbocycles. The number of guanidine groups is 1. The van der Waals surface area contributed by atoms with Gasteiger partial charge in [-0.25, -0.2) is 28.3 Å². The first-order valence-corrected chi connectivity index (χ1v) is 16.0. The zero-order chi connectivity index (χ0) is 28.5. The van der Waals surface area contributed by atoms with Crippen molar-refractivity contribution in [3.8, 4) is 0 Å². The van der Waals surface area contributed by atoms with Crippen LogP contribution in [0.4, 0.5) is 0 Å². The Hall–Kier alpha value is -3.00. The van der Waals surface area contributed by atoms with E-state index in [4.69, 9.17) is 33.4 Å². The third-order valence-corrected chi connectivity index (χ3v) is 9.54. The monoisotopic (exact) mass is 620 g/mol. The van der Waals surface area contributed by atoms with Crippen molar-refractivity contribution in [3.05, 3.63) is 100 Å². The Kier molecular flexibility index (Phi) is 8.18. The van der Waals surface area contributed by atoms with E-state index in [2.05, 4.69) is 9.71 Å². The van der Waals surface area contributed by atoms with E-state index in [-0.39, 0.29) is 36.4 Å². The van der Waals surface area contributed by atoms with Gasteiger partial charge in [0.25, 0.3) is 20.2 Å². The Morgan fingerprint density at radius 3 is 2.12 bits per heavy atom. The second-order valence-electron chi connectivity index (χ2n) is 9.40. The molecule has 1 fully saturated rings. The maximum Gasteiger partial charge on any atom is 0.276 e. The number of hydrazone groups is 1. The number of nitrogens with zero attached hydrogens (tertiary/aromatic N) is 4. The van der Waals surface area contributed by atoms with Crippen LogP contribution >= 0.6 is 23.2 Å². The minimum Gasteiger partial charge on any atom is -0.248 e. The summed E-state index contributed by atoms with van der Waals surface area (Å²) in [6.45, 7) is 0.487. The molecule has 3 aromatic carbocycles. The summed E-state index contributed by atoms with van der Waals surface area (Å²) >= 11 is 12.1. The lowest BCUT2D eigenvalue weighted by molar-refractivity contribution is 0.452. The summed E-state index contributed by atoms with van der Waals surface area (Å²) < 4.78 is 54.2. The van der Waals surface area contributed by atoms with E-state index in [9.17, 15) is 16.8 Å². The first kappa shape index (κ1) is 28.5. The second-order valence-corrected chi connectivity index (χ2v) is 13.5. The van der Waals surface area contributed by atoms with Gasteiger partial charge in [0.1, 0.15) is 0 Å². The molecule has 3 aromatic rings. The van der Waals surface area contributed by atoms with Crippen LogP contribution in [-0.4, -0.2) is 63.5 Å². The number of hydrogen-bond acceptors (Lipinski definition) is 6. The van der Waals surface area contributed by atoms with E-state index in [1.807, 2.05) is 42.5 Å². The van der Waals surface area contributed by atoms with Gasteiger partial charge in [-0.3, -0.25) is 0 Å². The van der Waals surface area contributed by atoms with Crippen LogP contribution in [0, 0.1) is 0 Å². The average Bonchev–Trinajstić information content (AvgIpc) is 3.57. The molecular formula is C26H26Cl2N6O4S2. The highest BCUT2D eigenvalue weighted by Crippen LogP contribution is 2.30. The lowest BCUT2D eigenvalue weighted by Gasteiger charge is -2.21. The van der Waals surface area contributed by atoms with Crippen molar-refractivity contribution in [2.45, 2.75) is 23.3 Å². The predicted octanol–water partition coefficient (Wildman–Crippen LogP) is 3.41. The molecule has 1 saturated heterocycles. The normalized spacial score (nSPS) is 20.5. The van der Waals surface area contributed by atoms with E-state index < -0.39 is 26.3 Å². The SMILES string of the molecule is NS(=O)(=O)N1CC[C@@H](/N=C(\NS(=O)(=O)c2ccc(Cl)cc2)N2C[C@@H](c3ccccc3)C(c3ccc(Cl)cc3)=N2)C1. The largest absolute Gasteiger partial charge is 0.276 e. The van der Waals surface area contributed by atoms with Gasteiger partial charge in [-0.05, 0) is 53.9 Å². The summed E-state index contributed by atoms with van der Waals surface area (Å²) in [6.07, 6.45) is 0.367. The van der Waals surface area contributed by atoms with Crippen LogP contribution in [0.1, 0.15) is 23.5 Å². The molecule has 0 bridgehead atoms. The summed E-state index contributed by atoms with van der Waals surface area (Å²) in [7, 11) is -8.00. The number of aliphatic imine (C=N–C) groups is 1. The molecule has 2 aliphatic heterocycles. The Balaban J connectivity index is 1.55. The zero-order valence-corrected chi connectivity index (χ0v) is 24.2. The van der Waals surface area contributed by atoms with Gasteiger partial charge in [0, 0.05) is 29.1 Å². The molecule has 0 aromatic heterocycles. The average molecular weight is 622 g/mol. The highest BCUT2D eigenvalue weighted by atomic mass is 35.5. The number of rotatable bonds is 6. The summed E-state index contributed by atoms with van der Waals surface area (Å²) in [5.41, 5.74) is 2.51. The number of nitrogens with one attached hydrogen (secondary N) is 1. The van der Waals surface area contributed by atoms with Crippen LogP contribution < -0.4 is 9.86 Å². The molecule has 3 N–H and O–H groups in total. The number of sulfonamides is 1. The lowest BCUT2D eigenvalue weighted by atomic mass is 9.91. The van der Waals surface area contributed by atoms with Gasteiger partial charge in [0.05, 0.1) is 23.2 Å². The molecule has 10 nitrogen and oxygen atoms in total. The predicted molar refractivity (Wildman–Crippen MR) is 156 cm³/mol. The molecule has 2 heterocycles. The number of halogens is 2. The van der Waals surface area contributed by atoms with Gasteiger partial charge in [0.2, 0.25) is 5.96 Å². The Morgan fingerprint density at radius 1 is 0.900 bits per heavy atom. The van der Waals surface area contributed by atoms with Crippen molar-refractivity contribution in [3.63, 3.8) is 0 Å². The van der Waals surface area contributed by atoms with Gasteiger partial charge in [0.15, 0.2) is 0 Å². The molecule has 0 unspecified atom stereocenters. The van der Waals surface area contributed by atoms with Gasteiger partial charge in [-0.1, -0.05) is 65.7 Å². The fourth-order valence-corrected chi connectivity index (χ4v) is 6.62. The van der Waals surface area contributed by atoms with Crippen LogP contribution in [0.15, 0.2) is 93.9 Å². The van der Waals surface area contributed by atoms with E-state index in [0.29, 0.717) is 22.2 Å². The van der Waals surface area contributed by atoms with Gasteiger partial charge >= 0.3 is 0 Å². The maximum absolute atomic E-state index is 13.4. The lowest BCUT2D eigenvalue weighted by Crippen LogP contribution is -2.42. The Bertz CT molecular complexity index is 1650. The van der Waals surface area contributed by atoms with Crippen LogP contribution in [0.3, 0.4) is 0 Å². The van der Waals surface area contributed by atoms with Crippen molar-refractivity contribution >= 4 is 55.1 Å². The fourth-order valence-electron chi connectivity index (χ4n) is 4.62. The topological polar surface area (TPSA) is 138 Å². The Morgan fingerprint density at radius 2 is 1.52 bits per heavy atom. The van der Waals surface area contributed by atoms with Gasteiger partial charge in [-0.15, -0.1) is 0 Å². The molecule has 0 spiro atoms.